The monoisotopic (exact) mass is 419 g/mol. The molecule has 152 valence electrons. The Morgan fingerprint density at radius 3 is 2.17 bits per heavy atom. The molecule has 5 heteroatoms. The standard InChI is InChI=1S/C25H22ClNO3/c26-21-9-5-4-8-20(21)22-14-15-23(25(29)30)27(22)24(28)16-17-10-12-19(13-11-17)18-6-2-1-3-7-18/h1-13,22-23H,14-16H2,(H,29,30)/t22-,23+/m1/s1. The summed E-state index contributed by atoms with van der Waals surface area (Å²) in [5, 5.41) is 10.2. The summed E-state index contributed by atoms with van der Waals surface area (Å²) in [4.78, 5) is 26.5. The van der Waals surface area contributed by atoms with Gasteiger partial charge in [0.1, 0.15) is 6.04 Å². The van der Waals surface area contributed by atoms with Crippen LogP contribution in [-0.2, 0) is 16.0 Å². The van der Waals surface area contributed by atoms with E-state index in [2.05, 4.69) is 0 Å². The predicted molar refractivity (Wildman–Crippen MR) is 117 cm³/mol. The molecule has 0 spiro atoms. The molecule has 3 aromatic carbocycles. The zero-order valence-corrected chi connectivity index (χ0v) is 17.1. The lowest BCUT2D eigenvalue weighted by molar-refractivity contribution is -0.149. The van der Waals surface area contributed by atoms with Crippen LogP contribution in [-0.4, -0.2) is 27.9 Å². The molecule has 2 atom stereocenters. The van der Waals surface area contributed by atoms with E-state index in [1.54, 1.807) is 6.07 Å². The first-order valence-corrected chi connectivity index (χ1v) is 10.3. The third-order valence-electron chi connectivity index (χ3n) is 5.64. The maximum absolute atomic E-state index is 13.2. The number of nitrogens with zero attached hydrogens (tertiary/aromatic N) is 1. The van der Waals surface area contributed by atoms with E-state index in [-0.39, 0.29) is 18.4 Å². The van der Waals surface area contributed by atoms with Gasteiger partial charge in [-0.25, -0.2) is 4.79 Å². The number of amides is 1. The van der Waals surface area contributed by atoms with Gasteiger partial charge in [0.05, 0.1) is 12.5 Å². The Kier molecular flexibility index (Phi) is 5.86. The van der Waals surface area contributed by atoms with Crippen molar-refractivity contribution in [3.05, 3.63) is 95.0 Å². The van der Waals surface area contributed by atoms with Gasteiger partial charge in [-0.05, 0) is 41.2 Å². The van der Waals surface area contributed by atoms with E-state index in [1.807, 2.05) is 72.8 Å². The van der Waals surface area contributed by atoms with Crippen LogP contribution in [0.1, 0.15) is 30.0 Å². The highest BCUT2D eigenvalue weighted by Gasteiger charge is 2.42. The van der Waals surface area contributed by atoms with Gasteiger partial charge >= 0.3 is 5.97 Å². The van der Waals surface area contributed by atoms with Gasteiger partial charge in [-0.2, -0.15) is 0 Å². The van der Waals surface area contributed by atoms with E-state index in [1.165, 1.54) is 4.90 Å². The topological polar surface area (TPSA) is 57.6 Å². The van der Waals surface area contributed by atoms with Gasteiger partial charge in [-0.1, -0.05) is 84.4 Å². The zero-order valence-electron chi connectivity index (χ0n) is 16.4. The van der Waals surface area contributed by atoms with E-state index in [9.17, 15) is 14.7 Å². The maximum Gasteiger partial charge on any atom is 0.326 e. The normalized spacial score (nSPS) is 18.4. The Labute approximate surface area is 180 Å². The molecule has 0 radical (unpaired) electrons. The van der Waals surface area contributed by atoms with E-state index in [0.717, 1.165) is 22.3 Å². The van der Waals surface area contributed by atoms with Crippen LogP contribution in [0.2, 0.25) is 5.02 Å². The summed E-state index contributed by atoms with van der Waals surface area (Å²) in [6.07, 6.45) is 1.16. The number of hydrogen-bond acceptors (Lipinski definition) is 2. The van der Waals surface area contributed by atoms with Crippen molar-refractivity contribution in [3.63, 3.8) is 0 Å². The minimum Gasteiger partial charge on any atom is -0.480 e. The second-order valence-corrected chi connectivity index (χ2v) is 7.92. The number of carbonyl (C=O) groups is 2. The number of carboxylic acid groups (broad SMARTS) is 1. The zero-order chi connectivity index (χ0) is 21.1. The van der Waals surface area contributed by atoms with Gasteiger partial charge in [0.25, 0.3) is 0 Å². The molecule has 0 aromatic heterocycles. The van der Waals surface area contributed by atoms with Crippen LogP contribution >= 0.6 is 11.6 Å². The minimum atomic E-state index is -0.975. The van der Waals surface area contributed by atoms with E-state index in [4.69, 9.17) is 11.6 Å². The molecule has 4 rings (SSSR count). The molecular weight excluding hydrogens is 398 g/mol. The molecular formula is C25H22ClNO3. The fourth-order valence-electron chi connectivity index (χ4n) is 4.16. The number of benzene rings is 3. The maximum atomic E-state index is 13.2. The largest absolute Gasteiger partial charge is 0.480 e. The molecule has 0 aliphatic carbocycles. The number of carbonyl (C=O) groups excluding carboxylic acids is 1. The fourth-order valence-corrected chi connectivity index (χ4v) is 4.43. The Bertz CT molecular complexity index is 1050. The summed E-state index contributed by atoms with van der Waals surface area (Å²) in [6, 6.07) is 24.0. The van der Waals surface area contributed by atoms with Crippen LogP contribution in [0.15, 0.2) is 78.9 Å². The lowest BCUT2D eigenvalue weighted by Gasteiger charge is -2.29. The van der Waals surface area contributed by atoms with Gasteiger partial charge in [-0.3, -0.25) is 4.79 Å². The molecule has 1 fully saturated rings. The second kappa shape index (κ2) is 8.72. The third-order valence-corrected chi connectivity index (χ3v) is 5.98. The Morgan fingerprint density at radius 2 is 1.50 bits per heavy atom. The van der Waals surface area contributed by atoms with Gasteiger partial charge < -0.3 is 10.0 Å². The lowest BCUT2D eigenvalue weighted by Crippen LogP contribution is -2.42. The Morgan fingerprint density at radius 1 is 0.867 bits per heavy atom. The summed E-state index contributed by atoms with van der Waals surface area (Å²) in [5.74, 6) is -1.17. The molecule has 0 saturated carbocycles. The summed E-state index contributed by atoms with van der Waals surface area (Å²) >= 11 is 6.35. The molecule has 1 aliphatic heterocycles. The lowest BCUT2D eigenvalue weighted by atomic mass is 10.0. The summed E-state index contributed by atoms with van der Waals surface area (Å²) < 4.78 is 0. The third kappa shape index (κ3) is 4.10. The van der Waals surface area contributed by atoms with Crippen molar-refractivity contribution in [1.82, 2.24) is 4.90 Å². The van der Waals surface area contributed by atoms with Crippen LogP contribution < -0.4 is 0 Å². The van der Waals surface area contributed by atoms with Crippen molar-refractivity contribution in [3.8, 4) is 11.1 Å². The number of likely N-dealkylation sites (tertiary alicyclic amines) is 1. The van der Waals surface area contributed by atoms with Gasteiger partial charge in [0.2, 0.25) is 5.91 Å². The molecule has 0 unspecified atom stereocenters. The minimum absolute atomic E-state index is 0.153. The predicted octanol–water partition coefficient (Wildman–Crippen LogP) is 5.37. The van der Waals surface area contributed by atoms with Crippen molar-refractivity contribution >= 4 is 23.5 Å². The summed E-state index contributed by atoms with van der Waals surface area (Å²) in [7, 11) is 0. The molecule has 4 nitrogen and oxygen atoms in total. The molecule has 0 bridgehead atoms. The number of aliphatic carboxylic acids is 1. The van der Waals surface area contributed by atoms with Crippen LogP contribution in [0.5, 0.6) is 0 Å². The first kappa shape index (κ1) is 20.2. The molecule has 1 saturated heterocycles. The molecule has 3 aromatic rings. The van der Waals surface area contributed by atoms with E-state index in [0.29, 0.717) is 17.9 Å². The molecule has 1 aliphatic rings. The molecule has 1 N–H and O–H groups in total. The quantitative estimate of drug-likeness (QED) is 0.605. The van der Waals surface area contributed by atoms with Crippen molar-refractivity contribution < 1.29 is 14.7 Å². The van der Waals surface area contributed by atoms with Gasteiger partial charge in [0, 0.05) is 5.02 Å². The fraction of sp³-hybridized carbons (Fsp3) is 0.200. The molecule has 1 heterocycles. The average Bonchev–Trinajstić information content (AvgIpc) is 3.21. The van der Waals surface area contributed by atoms with Crippen molar-refractivity contribution in [1.29, 1.82) is 0 Å². The van der Waals surface area contributed by atoms with Crippen LogP contribution in [0, 0.1) is 0 Å². The highest BCUT2D eigenvalue weighted by Crippen LogP contribution is 2.39. The molecule has 1 amide bonds. The van der Waals surface area contributed by atoms with Crippen LogP contribution in [0.25, 0.3) is 11.1 Å². The number of rotatable bonds is 5. The number of carboxylic acids is 1. The average molecular weight is 420 g/mol. The van der Waals surface area contributed by atoms with Gasteiger partial charge in [0.15, 0.2) is 0 Å². The summed E-state index contributed by atoms with van der Waals surface area (Å²) in [6.45, 7) is 0. The van der Waals surface area contributed by atoms with Crippen molar-refractivity contribution in [2.45, 2.75) is 31.3 Å². The Hall–Kier alpha value is -3.11. The highest BCUT2D eigenvalue weighted by atomic mass is 35.5. The Balaban J connectivity index is 1.56. The molecule has 30 heavy (non-hydrogen) atoms. The number of hydrogen-bond donors (Lipinski definition) is 1. The van der Waals surface area contributed by atoms with Crippen LogP contribution in [0.4, 0.5) is 0 Å². The first-order chi connectivity index (χ1) is 14.5. The van der Waals surface area contributed by atoms with E-state index < -0.39 is 12.0 Å². The summed E-state index contributed by atoms with van der Waals surface area (Å²) in [5.41, 5.74) is 3.84. The smallest absolute Gasteiger partial charge is 0.326 e. The first-order valence-electron chi connectivity index (χ1n) is 9.97. The van der Waals surface area contributed by atoms with E-state index >= 15 is 0 Å². The van der Waals surface area contributed by atoms with Crippen molar-refractivity contribution in [2.75, 3.05) is 0 Å². The highest BCUT2D eigenvalue weighted by molar-refractivity contribution is 6.31. The number of halogens is 1. The van der Waals surface area contributed by atoms with Crippen LogP contribution in [0.3, 0.4) is 0 Å². The second-order valence-electron chi connectivity index (χ2n) is 7.51. The SMILES string of the molecule is O=C(O)[C@@H]1CC[C@H](c2ccccc2Cl)N1C(=O)Cc1ccc(-c2ccccc2)cc1. The van der Waals surface area contributed by atoms with Gasteiger partial charge in [-0.15, -0.1) is 0 Å². The van der Waals surface area contributed by atoms with Crippen molar-refractivity contribution in [2.24, 2.45) is 0 Å².